The fourth-order valence-corrected chi connectivity index (χ4v) is 5.10. The summed E-state index contributed by atoms with van der Waals surface area (Å²) < 4.78 is 32.0. The summed E-state index contributed by atoms with van der Waals surface area (Å²) in [5.74, 6) is -1.30. The largest absolute Gasteiger partial charge is 0.454 e. The van der Waals surface area contributed by atoms with Crippen LogP contribution in [0.25, 0.3) is 0 Å². The Hall–Kier alpha value is -2.13. The Morgan fingerprint density at radius 2 is 1.80 bits per heavy atom. The number of rotatable bonds is 6. The molecule has 0 spiro atoms. The van der Waals surface area contributed by atoms with E-state index in [4.69, 9.17) is 27.9 Å². The van der Waals surface area contributed by atoms with Crippen molar-refractivity contribution >= 4 is 50.8 Å². The smallest absolute Gasteiger partial charge is 0.324 e. The van der Waals surface area contributed by atoms with E-state index in [1.54, 1.807) is 25.1 Å². The molecule has 0 unspecified atom stereocenters. The molecule has 1 atom stereocenters. The lowest BCUT2D eigenvalue weighted by molar-refractivity contribution is -0.150. The van der Waals surface area contributed by atoms with Gasteiger partial charge in [-0.1, -0.05) is 29.3 Å². The fraction of sp³-hybridized carbons (Fsp3) is 0.300. The number of sulfonamides is 1. The third-order valence-corrected chi connectivity index (χ3v) is 7.12. The molecular weight excluding hydrogens is 451 g/mol. The molecule has 1 amide bonds. The van der Waals surface area contributed by atoms with E-state index in [-0.39, 0.29) is 11.4 Å². The van der Waals surface area contributed by atoms with Crippen LogP contribution in [0.4, 0.5) is 5.69 Å². The Labute approximate surface area is 185 Å². The lowest BCUT2D eigenvalue weighted by atomic mass is 10.2. The maximum atomic E-state index is 12.9. The zero-order valence-corrected chi connectivity index (χ0v) is 18.4. The minimum atomic E-state index is -3.89. The van der Waals surface area contributed by atoms with E-state index in [1.807, 2.05) is 0 Å². The molecule has 30 heavy (non-hydrogen) atoms. The predicted octanol–water partition coefficient (Wildman–Crippen LogP) is 3.64. The number of carbonyl (C=O) groups excluding carboxylic acids is 2. The highest BCUT2D eigenvalue weighted by Crippen LogP contribution is 2.27. The number of anilines is 1. The number of aryl methyl sites for hydroxylation is 1. The van der Waals surface area contributed by atoms with Crippen molar-refractivity contribution in [1.82, 2.24) is 4.31 Å². The Bertz CT molecular complexity index is 1060. The minimum absolute atomic E-state index is 0.0424. The summed E-state index contributed by atoms with van der Waals surface area (Å²) in [4.78, 5) is 24.7. The van der Waals surface area contributed by atoms with Crippen LogP contribution in [0.15, 0.2) is 47.4 Å². The van der Waals surface area contributed by atoms with Crippen LogP contribution in [0.2, 0.25) is 10.0 Å². The standard InChI is InChI=1S/C20H20Cl2N2O5S/c1-13-4-5-15(22)11-17(13)23-19(25)12-29-20(26)18-3-2-10-24(18)30(27,28)16-8-6-14(21)7-9-16/h4-9,11,18H,2-3,10,12H2,1H3,(H,23,25)/t18-/m0/s1. The van der Waals surface area contributed by atoms with E-state index in [0.717, 1.165) is 9.87 Å². The Morgan fingerprint density at radius 3 is 2.50 bits per heavy atom. The summed E-state index contributed by atoms with van der Waals surface area (Å²) in [6.45, 7) is 1.46. The molecule has 0 aliphatic carbocycles. The van der Waals surface area contributed by atoms with Gasteiger partial charge in [0.15, 0.2) is 6.61 Å². The lowest BCUT2D eigenvalue weighted by Gasteiger charge is -2.22. The second kappa shape index (κ2) is 9.34. The molecule has 1 fully saturated rings. The molecule has 2 aromatic rings. The molecule has 1 saturated heterocycles. The van der Waals surface area contributed by atoms with Gasteiger partial charge in [0.25, 0.3) is 5.91 Å². The van der Waals surface area contributed by atoms with Crippen molar-refractivity contribution in [1.29, 1.82) is 0 Å². The maximum Gasteiger partial charge on any atom is 0.324 e. The summed E-state index contributed by atoms with van der Waals surface area (Å²) in [6, 6.07) is 9.78. The van der Waals surface area contributed by atoms with Crippen LogP contribution in [0.5, 0.6) is 0 Å². The Kier molecular flexibility index (Phi) is 7.02. The molecular formula is C20H20Cl2N2O5S. The molecule has 1 heterocycles. The van der Waals surface area contributed by atoms with Gasteiger partial charge in [-0.2, -0.15) is 4.31 Å². The average Bonchev–Trinajstić information content (AvgIpc) is 3.20. The molecule has 0 radical (unpaired) electrons. The van der Waals surface area contributed by atoms with Crippen molar-refractivity contribution in [2.24, 2.45) is 0 Å². The van der Waals surface area contributed by atoms with E-state index in [0.29, 0.717) is 28.6 Å². The molecule has 7 nitrogen and oxygen atoms in total. The number of nitrogens with zero attached hydrogens (tertiary/aromatic N) is 1. The number of hydrogen-bond donors (Lipinski definition) is 1. The van der Waals surface area contributed by atoms with E-state index in [2.05, 4.69) is 5.32 Å². The summed E-state index contributed by atoms with van der Waals surface area (Å²) >= 11 is 11.7. The fourth-order valence-electron chi connectivity index (χ4n) is 3.15. The molecule has 2 aromatic carbocycles. The van der Waals surface area contributed by atoms with E-state index >= 15 is 0 Å². The topological polar surface area (TPSA) is 92.8 Å². The summed E-state index contributed by atoms with van der Waals surface area (Å²) in [5, 5.41) is 3.49. The quantitative estimate of drug-likeness (QED) is 0.650. The van der Waals surface area contributed by atoms with Gasteiger partial charge in [-0.05, 0) is 61.7 Å². The van der Waals surface area contributed by atoms with Gasteiger partial charge in [0.2, 0.25) is 10.0 Å². The van der Waals surface area contributed by atoms with Crippen molar-refractivity contribution in [3.8, 4) is 0 Å². The van der Waals surface area contributed by atoms with Gasteiger partial charge in [0.05, 0.1) is 4.90 Å². The normalized spacial score (nSPS) is 17.0. The first kappa shape index (κ1) is 22.6. The summed E-state index contributed by atoms with van der Waals surface area (Å²) in [7, 11) is -3.89. The van der Waals surface area contributed by atoms with E-state index in [1.165, 1.54) is 24.3 Å². The highest BCUT2D eigenvalue weighted by Gasteiger charge is 2.40. The van der Waals surface area contributed by atoms with Crippen LogP contribution < -0.4 is 5.32 Å². The second-order valence-corrected chi connectivity index (χ2v) is 9.61. The number of benzene rings is 2. The van der Waals surface area contributed by atoms with Gasteiger partial charge in [-0.25, -0.2) is 8.42 Å². The Balaban J connectivity index is 1.63. The first-order valence-corrected chi connectivity index (χ1v) is 11.4. The molecule has 1 aliphatic rings. The van der Waals surface area contributed by atoms with Crippen LogP contribution in [0.3, 0.4) is 0 Å². The lowest BCUT2D eigenvalue weighted by Crippen LogP contribution is -2.42. The first-order valence-electron chi connectivity index (χ1n) is 9.18. The number of carbonyl (C=O) groups is 2. The summed E-state index contributed by atoms with van der Waals surface area (Å²) in [5.41, 5.74) is 1.31. The van der Waals surface area contributed by atoms with Gasteiger partial charge in [-0.3, -0.25) is 9.59 Å². The van der Waals surface area contributed by atoms with Gasteiger partial charge in [0.1, 0.15) is 6.04 Å². The van der Waals surface area contributed by atoms with Crippen molar-refractivity contribution in [2.75, 3.05) is 18.5 Å². The van der Waals surface area contributed by atoms with Crippen molar-refractivity contribution in [2.45, 2.75) is 30.7 Å². The molecule has 1 N–H and O–H groups in total. The van der Waals surface area contributed by atoms with Gasteiger partial charge < -0.3 is 10.1 Å². The van der Waals surface area contributed by atoms with Crippen LogP contribution in [0.1, 0.15) is 18.4 Å². The van der Waals surface area contributed by atoms with E-state index < -0.39 is 34.5 Å². The number of ether oxygens (including phenoxy) is 1. The predicted molar refractivity (Wildman–Crippen MR) is 114 cm³/mol. The average molecular weight is 471 g/mol. The van der Waals surface area contributed by atoms with Crippen LogP contribution >= 0.6 is 23.2 Å². The van der Waals surface area contributed by atoms with Gasteiger partial charge in [-0.15, -0.1) is 0 Å². The number of nitrogens with one attached hydrogen (secondary N) is 1. The van der Waals surface area contributed by atoms with Gasteiger partial charge in [0, 0.05) is 22.3 Å². The highest BCUT2D eigenvalue weighted by molar-refractivity contribution is 7.89. The van der Waals surface area contributed by atoms with Crippen LogP contribution in [-0.2, 0) is 24.3 Å². The minimum Gasteiger partial charge on any atom is -0.454 e. The Morgan fingerprint density at radius 1 is 1.13 bits per heavy atom. The second-order valence-electron chi connectivity index (χ2n) is 6.84. The number of halogens is 2. The third-order valence-electron chi connectivity index (χ3n) is 4.72. The zero-order valence-electron chi connectivity index (χ0n) is 16.1. The van der Waals surface area contributed by atoms with Crippen LogP contribution in [0, 0.1) is 6.92 Å². The molecule has 10 heteroatoms. The molecule has 1 aliphatic heterocycles. The van der Waals surface area contributed by atoms with Gasteiger partial charge >= 0.3 is 5.97 Å². The maximum absolute atomic E-state index is 12.9. The molecule has 0 aromatic heterocycles. The van der Waals surface area contributed by atoms with E-state index in [9.17, 15) is 18.0 Å². The van der Waals surface area contributed by atoms with Crippen molar-refractivity contribution in [3.63, 3.8) is 0 Å². The van der Waals surface area contributed by atoms with Crippen molar-refractivity contribution < 1.29 is 22.7 Å². The highest BCUT2D eigenvalue weighted by atomic mass is 35.5. The first-order chi connectivity index (χ1) is 14.2. The number of hydrogen-bond acceptors (Lipinski definition) is 5. The molecule has 0 saturated carbocycles. The number of esters is 1. The molecule has 3 rings (SSSR count). The third kappa shape index (κ3) is 5.13. The molecule has 160 valence electrons. The monoisotopic (exact) mass is 470 g/mol. The SMILES string of the molecule is Cc1ccc(Cl)cc1NC(=O)COC(=O)[C@@H]1CCCN1S(=O)(=O)c1ccc(Cl)cc1. The number of amides is 1. The summed E-state index contributed by atoms with van der Waals surface area (Å²) in [6.07, 6.45) is 0.834. The zero-order chi connectivity index (χ0) is 21.9. The van der Waals surface area contributed by atoms with Crippen LogP contribution in [-0.4, -0.2) is 43.8 Å². The molecule has 0 bridgehead atoms. The van der Waals surface area contributed by atoms with Crippen molar-refractivity contribution in [3.05, 3.63) is 58.1 Å².